The molecule has 1 aliphatic heterocycles. The van der Waals surface area contributed by atoms with E-state index in [1.54, 1.807) is 0 Å². The highest BCUT2D eigenvalue weighted by Crippen LogP contribution is 2.45. The first kappa shape index (κ1) is 13.3. The van der Waals surface area contributed by atoms with Crippen LogP contribution in [0, 0.1) is 11.3 Å². The zero-order valence-corrected chi connectivity index (χ0v) is 11.4. The average Bonchev–Trinajstić information content (AvgIpc) is 2.61. The van der Waals surface area contributed by atoms with Gasteiger partial charge in [-0.3, -0.25) is 0 Å². The first-order valence-electron chi connectivity index (χ1n) is 6.88. The topological polar surface area (TPSA) is 38.7 Å². The van der Waals surface area contributed by atoms with E-state index < -0.39 is 0 Å². The molecule has 1 saturated carbocycles. The standard InChI is InChI=1S/C14H26O3/c1-13(2,3)11-4-7-14(8-5-11)16-10-12(17-14)6-9-15/h11-12,15H,4-10H2,1-3H3. The molecule has 2 aliphatic rings. The lowest BCUT2D eigenvalue weighted by Gasteiger charge is -2.41. The Labute approximate surface area is 104 Å². The van der Waals surface area contributed by atoms with Crippen LogP contribution in [0.15, 0.2) is 0 Å². The summed E-state index contributed by atoms with van der Waals surface area (Å²) in [5.74, 6) is 0.457. The number of aliphatic hydroxyl groups is 1. The molecule has 0 amide bonds. The summed E-state index contributed by atoms with van der Waals surface area (Å²) in [5, 5.41) is 8.93. The monoisotopic (exact) mass is 242 g/mol. The van der Waals surface area contributed by atoms with Crippen LogP contribution in [-0.4, -0.2) is 30.2 Å². The van der Waals surface area contributed by atoms with Crippen molar-refractivity contribution in [1.82, 2.24) is 0 Å². The van der Waals surface area contributed by atoms with Crippen LogP contribution in [0.2, 0.25) is 0 Å². The van der Waals surface area contributed by atoms with Crippen molar-refractivity contribution in [2.75, 3.05) is 13.2 Å². The molecular weight excluding hydrogens is 216 g/mol. The zero-order chi connectivity index (χ0) is 12.5. The molecule has 2 rings (SSSR count). The second kappa shape index (κ2) is 4.87. The van der Waals surface area contributed by atoms with E-state index in [1.165, 1.54) is 12.8 Å². The van der Waals surface area contributed by atoms with E-state index in [-0.39, 0.29) is 18.5 Å². The van der Waals surface area contributed by atoms with Crippen LogP contribution in [0.5, 0.6) is 0 Å². The molecule has 0 aromatic heterocycles. The fraction of sp³-hybridized carbons (Fsp3) is 1.00. The lowest BCUT2D eigenvalue weighted by molar-refractivity contribution is -0.197. The molecule has 0 aromatic carbocycles. The third-order valence-electron chi connectivity index (χ3n) is 4.34. The van der Waals surface area contributed by atoms with Crippen LogP contribution in [0.25, 0.3) is 0 Å². The van der Waals surface area contributed by atoms with Gasteiger partial charge in [-0.2, -0.15) is 0 Å². The Bertz CT molecular complexity index is 249. The van der Waals surface area contributed by atoms with E-state index in [0.29, 0.717) is 18.4 Å². The van der Waals surface area contributed by atoms with Gasteiger partial charge in [0.05, 0.1) is 12.7 Å². The van der Waals surface area contributed by atoms with Crippen LogP contribution in [0.1, 0.15) is 52.9 Å². The van der Waals surface area contributed by atoms with Gasteiger partial charge in [0.1, 0.15) is 0 Å². The van der Waals surface area contributed by atoms with Gasteiger partial charge in [0.2, 0.25) is 0 Å². The number of rotatable bonds is 2. The van der Waals surface area contributed by atoms with E-state index >= 15 is 0 Å². The van der Waals surface area contributed by atoms with Crippen LogP contribution < -0.4 is 0 Å². The van der Waals surface area contributed by atoms with E-state index in [2.05, 4.69) is 20.8 Å². The molecule has 0 bridgehead atoms. The van der Waals surface area contributed by atoms with E-state index in [4.69, 9.17) is 14.6 Å². The Hall–Kier alpha value is -0.120. The third kappa shape index (κ3) is 3.01. The predicted molar refractivity (Wildman–Crippen MR) is 66.7 cm³/mol. The van der Waals surface area contributed by atoms with Crippen molar-refractivity contribution in [3.63, 3.8) is 0 Å². The smallest absolute Gasteiger partial charge is 0.168 e. The van der Waals surface area contributed by atoms with Gasteiger partial charge in [-0.15, -0.1) is 0 Å². The molecule has 1 aliphatic carbocycles. The molecule has 0 aromatic rings. The highest BCUT2D eigenvalue weighted by Gasteiger charge is 2.45. The summed E-state index contributed by atoms with van der Waals surface area (Å²) in [5.41, 5.74) is 0.394. The maximum atomic E-state index is 8.93. The fourth-order valence-corrected chi connectivity index (χ4v) is 3.09. The largest absolute Gasteiger partial charge is 0.396 e. The molecule has 17 heavy (non-hydrogen) atoms. The molecule has 1 heterocycles. The molecular formula is C14H26O3. The van der Waals surface area contributed by atoms with Gasteiger partial charge in [0.25, 0.3) is 0 Å². The quantitative estimate of drug-likeness (QED) is 0.809. The van der Waals surface area contributed by atoms with Crippen molar-refractivity contribution in [2.45, 2.75) is 64.8 Å². The van der Waals surface area contributed by atoms with Crippen LogP contribution >= 0.6 is 0 Å². The highest BCUT2D eigenvalue weighted by molar-refractivity contribution is 4.88. The van der Waals surface area contributed by atoms with Gasteiger partial charge in [-0.1, -0.05) is 20.8 Å². The van der Waals surface area contributed by atoms with Gasteiger partial charge in [-0.05, 0) is 30.6 Å². The van der Waals surface area contributed by atoms with Crippen LogP contribution in [-0.2, 0) is 9.47 Å². The molecule has 1 saturated heterocycles. The van der Waals surface area contributed by atoms with Gasteiger partial charge in [0, 0.05) is 19.4 Å². The third-order valence-corrected chi connectivity index (χ3v) is 4.34. The van der Waals surface area contributed by atoms with Gasteiger partial charge < -0.3 is 14.6 Å². The predicted octanol–water partition coefficient (Wildman–Crippen LogP) is 2.72. The Morgan fingerprint density at radius 1 is 1.24 bits per heavy atom. The second-order valence-electron chi connectivity index (χ2n) is 6.61. The number of aliphatic hydroxyl groups excluding tert-OH is 1. The molecule has 1 N–H and O–H groups in total. The second-order valence-corrected chi connectivity index (χ2v) is 6.61. The van der Waals surface area contributed by atoms with Gasteiger partial charge >= 0.3 is 0 Å². The minimum absolute atomic E-state index is 0.103. The minimum atomic E-state index is -0.318. The fourth-order valence-electron chi connectivity index (χ4n) is 3.09. The van der Waals surface area contributed by atoms with Crippen molar-refractivity contribution in [3.8, 4) is 0 Å². The minimum Gasteiger partial charge on any atom is -0.396 e. The Morgan fingerprint density at radius 2 is 1.88 bits per heavy atom. The number of ether oxygens (including phenoxy) is 2. The normalized spacial score (nSPS) is 38.8. The Morgan fingerprint density at radius 3 is 2.41 bits per heavy atom. The first-order chi connectivity index (χ1) is 7.95. The SMILES string of the molecule is CC(C)(C)C1CCC2(CC1)OCC(CCO)O2. The van der Waals surface area contributed by atoms with Crippen molar-refractivity contribution in [3.05, 3.63) is 0 Å². The summed E-state index contributed by atoms with van der Waals surface area (Å²) >= 11 is 0. The average molecular weight is 242 g/mol. The van der Waals surface area contributed by atoms with E-state index in [9.17, 15) is 0 Å². The van der Waals surface area contributed by atoms with Gasteiger partial charge in [-0.25, -0.2) is 0 Å². The molecule has 1 unspecified atom stereocenters. The lowest BCUT2D eigenvalue weighted by atomic mass is 9.71. The molecule has 2 fully saturated rings. The highest BCUT2D eigenvalue weighted by atomic mass is 16.7. The number of hydrogen-bond acceptors (Lipinski definition) is 3. The summed E-state index contributed by atoms with van der Waals surface area (Å²) in [6, 6.07) is 0. The molecule has 3 nitrogen and oxygen atoms in total. The van der Waals surface area contributed by atoms with Crippen molar-refractivity contribution in [2.24, 2.45) is 11.3 Å². The molecule has 3 heteroatoms. The van der Waals surface area contributed by atoms with Crippen molar-refractivity contribution in [1.29, 1.82) is 0 Å². The van der Waals surface area contributed by atoms with Crippen molar-refractivity contribution < 1.29 is 14.6 Å². The maximum Gasteiger partial charge on any atom is 0.168 e. The summed E-state index contributed by atoms with van der Waals surface area (Å²) in [4.78, 5) is 0. The first-order valence-corrected chi connectivity index (χ1v) is 6.88. The Balaban J connectivity index is 1.87. The lowest BCUT2D eigenvalue weighted by Crippen LogP contribution is -2.38. The van der Waals surface area contributed by atoms with Crippen LogP contribution in [0.3, 0.4) is 0 Å². The summed E-state index contributed by atoms with van der Waals surface area (Å²) < 4.78 is 11.9. The van der Waals surface area contributed by atoms with E-state index in [1.807, 2.05) is 0 Å². The van der Waals surface area contributed by atoms with Crippen LogP contribution in [0.4, 0.5) is 0 Å². The Kier molecular flexibility index (Phi) is 3.81. The maximum absolute atomic E-state index is 8.93. The summed E-state index contributed by atoms with van der Waals surface area (Å²) in [6.07, 6.45) is 5.20. The van der Waals surface area contributed by atoms with Gasteiger partial charge in [0.15, 0.2) is 5.79 Å². The molecule has 100 valence electrons. The number of hydrogen-bond donors (Lipinski definition) is 1. The molecule has 1 atom stereocenters. The van der Waals surface area contributed by atoms with E-state index in [0.717, 1.165) is 18.8 Å². The summed E-state index contributed by atoms with van der Waals surface area (Å²) in [7, 11) is 0. The zero-order valence-electron chi connectivity index (χ0n) is 11.4. The molecule has 1 spiro atoms. The molecule has 0 radical (unpaired) electrons. The summed E-state index contributed by atoms with van der Waals surface area (Å²) in [6.45, 7) is 7.80. The van der Waals surface area contributed by atoms with Crippen molar-refractivity contribution >= 4 is 0 Å².